The van der Waals surface area contributed by atoms with Crippen LogP contribution in [0.2, 0.25) is 0 Å². The Hall–Kier alpha value is -1.74. The zero-order valence-electron chi connectivity index (χ0n) is 11.9. The number of nitrogens with one attached hydrogen (secondary N) is 1. The van der Waals surface area contributed by atoms with Crippen LogP contribution in [0.1, 0.15) is 13.3 Å². The van der Waals surface area contributed by atoms with Crippen LogP contribution in [0.4, 0.5) is 15.8 Å². The highest BCUT2D eigenvalue weighted by atomic mass is 32.2. The van der Waals surface area contributed by atoms with Crippen molar-refractivity contribution in [3.63, 3.8) is 0 Å². The Balaban J connectivity index is 2.52. The van der Waals surface area contributed by atoms with E-state index < -0.39 is 20.8 Å². The highest BCUT2D eigenvalue weighted by Gasteiger charge is 2.14. The van der Waals surface area contributed by atoms with Gasteiger partial charge in [-0.15, -0.1) is 0 Å². The molecule has 0 aliphatic heterocycles. The third kappa shape index (κ3) is 5.27. The number of nitro benzene ring substituents is 1. The lowest BCUT2D eigenvalue weighted by molar-refractivity contribution is -0.385. The predicted molar refractivity (Wildman–Crippen MR) is 78.3 cm³/mol. The Morgan fingerprint density at radius 1 is 1.43 bits per heavy atom. The molecule has 0 fully saturated rings. The van der Waals surface area contributed by atoms with Gasteiger partial charge in [-0.2, -0.15) is 0 Å². The van der Waals surface area contributed by atoms with Gasteiger partial charge in [0.25, 0.3) is 5.69 Å². The van der Waals surface area contributed by atoms with E-state index in [1.807, 2.05) is 0 Å². The van der Waals surface area contributed by atoms with Crippen LogP contribution in [0, 0.1) is 15.9 Å². The van der Waals surface area contributed by atoms with Gasteiger partial charge >= 0.3 is 0 Å². The normalized spacial score (nSPS) is 11.6. The third-order valence-corrected chi connectivity index (χ3v) is 4.26. The van der Waals surface area contributed by atoms with Crippen molar-refractivity contribution in [1.29, 1.82) is 0 Å². The number of sulfonamides is 1. The molecule has 0 saturated heterocycles. The van der Waals surface area contributed by atoms with Gasteiger partial charge in [-0.25, -0.2) is 17.1 Å². The molecule has 0 amide bonds. The number of nitro groups is 1. The smallest absolute Gasteiger partial charge is 0.272 e. The summed E-state index contributed by atoms with van der Waals surface area (Å²) in [6.07, 6.45) is 1.64. The molecule has 0 atom stereocenters. The number of halogens is 1. The highest BCUT2D eigenvalue weighted by molar-refractivity contribution is 7.88. The van der Waals surface area contributed by atoms with Crippen molar-refractivity contribution in [2.75, 3.05) is 31.2 Å². The second-order valence-corrected chi connectivity index (χ2v) is 6.44. The topological polar surface area (TPSA) is 92.5 Å². The average Bonchev–Trinajstić information content (AvgIpc) is 2.38. The van der Waals surface area contributed by atoms with Crippen molar-refractivity contribution >= 4 is 21.4 Å². The molecule has 0 aliphatic rings. The van der Waals surface area contributed by atoms with Crippen molar-refractivity contribution in [2.24, 2.45) is 0 Å². The fourth-order valence-corrected chi connectivity index (χ4v) is 2.73. The number of hydrogen-bond donors (Lipinski definition) is 1. The van der Waals surface area contributed by atoms with Gasteiger partial charge in [-0.1, -0.05) is 6.92 Å². The van der Waals surface area contributed by atoms with E-state index in [0.29, 0.717) is 26.1 Å². The van der Waals surface area contributed by atoms with Crippen LogP contribution < -0.4 is 5.32 Å². The number of non-ortho nitro benzene ring substituents is 1. The Morgan fingerprint density at radius 2 is 2.10 bits per heavy atom. The fraction of sp³-hybridized carbons (Fsp3) is 0.500. The summed E-state index contributed by atoms with van der Waals surface area (Å²) < 4.78 is 37.6. The monoisotopic (exact) mass is 319 g/mol. The van der Waals surface area contributed by atoms with Crippen LogP contribution in [0.5, 0.6) is 0 Å². The van der Waals surface area contributed by atoms with Crippen LogP contribution in [0.25, 0.3) is 0 Å². The van der Waals surface area contributed by atoms with Crippen LogP contribution in [-0.4, -0.2) is 43.5 Å². The Bertz CT molecular complexity index is 607. The molecule has 1 aromatic rings. The summed E-state index contributed by atoms with van der Waals surface area (Å²) in [5, 5.41) is 13.3. The minimum Gasteiger partial charge on any atom is -0.383 e. The van der Waals surface area contributed by atoms with Crippen molar-refractivity contribution in [3.8, 4) is 0 Å². The zero-order chi connectivity index (χ0) is 16.0. The summed E-state index contributed by atoms with van der Waals surface area (Å²) in [6.45, 7) is 2.81. The molecule has 1 N–H and O–H groups in total. The summed E-state index contributed by atoms with van der Waals surface area (Å²) in [4.78, 5) is 9.81. The number of rotatable bonds is 8. The summed E-state index contributed by atoms with van der Waals surface area (Å²) in [5.41, 5.74) is -0.157. The van der Waals surface area contributed by atoms with E-state index in [2.05, 4.69) is 5.32 Å². The lowest BCUT2D eigenvalue weighted by Crippen LogP contribution is -2.31. The number of anilines is 1. The van der Waals surface area contributed by atoms with Crippen molar-refractivity contribution in [3.05, 3.63) is 34.1 Å². The molecule has 0 heterocycles. The van der Waals surface area contributed by atoms with Gasteiger partial charge in [0.15, 0.2) is 5.82 Å². The molecule has 0 aromatic heterocycles. The van der Waals surface area contributed by atoms with E-state index in [1.165, 1.54) is 16.4 Å². The molecule has 0 bridgehead atoms. The summed E-state index contributed by atoms with van der Waals surface area (Å²) >= 11 is 0. The first-order chi connectivity index (χ1) is 9.75. The molecule has 0 aliphatic carbocycles. The Morgan fingerprint density at radius 3 is 2.57 bits per heavy atom. The maximum Gasteiger partial charge on any atom is 0.272 e. The number of benzene rings is 1. The third-order valence-electron chi connectivity index (χ3n) is 2.88. The lowest BCUT2D eigenvalue weighted by Gasteiger charge is -2.17. The van der Waals surface area contributed by atoms with E-state index in [0.717, 1.165) is 12.3 Å². The first-order valence-electron chi connectivity index (χ1n) is 6.38. The molecular formula is C12H18FN3O4S. The average molecular weight is 319 g/mol. The summed E-state index contributed by atoms with van der Waals surface area (Å²) in [6, 6.07) is 3.35. The Labute approximate surface area is 123 Å². The first-order valence-corrected chi connectivity index (χ1v) is 8.23. The van der Waals surface area contributed by atoms with Gasteiger partial charge < -0.3 is 5.32 Å². The molecular weight excluding hydrogens is 301 g/mol. The van der Waals surface area contributed by atoms with Gasteiger partial charge in [-0.3, -0.25) is 10.1 Å². The lowest BCUT2D eigenvalue weighted by atomic mass is 10.2. The zero-order valence-corrected chi connectivity index (χ0v) is 12.7. The maximum atomic E-state index is 13.6. The van der Waals surface area contributed by atoms with Crippen LogP contribution in [-0.2, 0) is 10.0 Å². The fourth-order valence-electron chi connectivity index (χ4n) is 1.80. The molecule has 1 rings (SSSR count). The molecule has 0 radical (unpaired) electrons. The SMILES string of the molecule is CCN(CCCNc1ccc([N+](=O)[O-])cc1F)S(C)(=O)=O. The van der Waals surface area contributed by atoms with Crippen LogP contribution >= 0.6 is 0 Å². The molecule has 21 heavy (non-hydrogen) atoms. The van der Waals surface area contributed by atoms with Gasteiger partial charge in [0.05, 0.1) is 22.9 Å². The molecule has 118 valence electrons. The number of nitrogens with zero attached hydrogens (tertiary/aromatic N) is 2. The summed E-state index contributed by atoms with van der Waals surface area (Å²) in [5.74, 6) is -0.709. The van der Waals surface area contributed by atoms with Crippen molar-refractivity contribution < 1.29 is 17.7 Å². The second kappa shape index (κ2) is 7.32. The van der Waals surface area contributed by atoms with Crippen LogP contribution in [0.15, 0.2) is 18.2 Å². The van der Waals surface area contributed by atoms with Gasteiger partial charge in [0, 0.05) is 25.7 Å². The second-order valence-electron chi connectivity index (χ2n) is 4.46. The van der Waals surface area contributed by atoms with Gasteiger partial charge in [0.2, 0.25) is 10.0 Å². The highest BCUT2D eigenvalue weighted by Crippen LogP contribution is 2.20. The molecule has 0 saturated carbocycles. The molecule has 0 spiro atoms. The molecule has 9 heteroatoms. The van der Waals surface area contributed by atoms with E-state index in [-0.39, 0.29) is 11.4 Å². The standard InChI is InChI=1S/C12H18FN3O4S/c1-3-15(21(2,19)20)8-4-7-14-12-6-5-10(16(17)18)9-11(12)13/h5-6,9,14H,3-4,7-8H2,1-2H3. The number of hydrogen-bond acceptors (Lipinski definition) is 5. The Kier molecular flexibility index (Phi) is 6.03. The van der Waals surface area contributed by atoms with Crippen LogP contribution in [0.3, 0.4) is 0 Å². The summed E-state index contributed by atoms with van der Waals surface area (Å²) in [7, 11) is -3.23. The van der Waals surface area contributed by atoms with Crippen molar-refractivity contribution in [2.45, 2.75) is 13.3 Å². The predicted octanol–water partition coefficient (Wildman–Crippen LogP) is 1.82. The molecule has 7 nitrogen and oxygen atoms in total. The van der Waals surface area contributed by atoms with E-state index >= 15 is 0 Å². The van der Waals surface area contributed by atoms with E-state index in [1.54, 1.807) is 6.92 Å². The minimum atomic E-state index is -3.23. The quantitative estimate of drug-likeness (QED) is 0.448. The van der Waals surface area contributed by atoms with Gasteiger partial charge in [-0.05, 0) is 12.5 Å². The molecule has 0 unspecified atom stereocenters. The van der Waals surface area contributed by atoms with E-state index in [4.69, 9.17) is 0 Å². The molecule has 1 aromatic carbocycles. The van der Waals surface area contributed by atoms with E-state index in [9.17, 15) is 22.9 Å². The first kappa shape index (κ1) is 17.3. The minimum absolute atomic E-state index is 0.156. The largest absolute Gasteiger partial charge is 0.383 e. The van der Waals surface area contributed by atoms with Gasteiger partial charge in [0.1, 0.15) is 0 Å². The maximum absolute atomic E-state index is 13.6. The van der Waals surface area contributed by atoms with Crippen molar-refractivity contribution in [1.82, 2.24) is 4.31 Å².